The van der Waals surface area contributed by atoms with Gasteiger partial charge in [-0.15, -0.1) is 0 Å². The largest absolute Gasteiger partial charge is 0.313 e. The Morgan fingerprint density at radius 2 is 1.76 bits per heavy atom. The molecule has 0 saturated carbocycles. The molecule has 0 aromatic rings. The Morgan fingerprint density at radius 3 is 2.18 bits per heavy atom. The average Bonchev–Trinajstić information content (AvgIpc) is 2.32. The topological polar surface area (TPSA) is 15.3 Å². The lowest BCUT2D eigenvalue weighted by Crippen LogP contribution is -2.48. The second kappa shape index (κ2) is 6.75. The van der Waals surface area contributed by atoms with Gasteiger partial charge in [-0.25, -0.2) is 0 Å². The van der Waals surface area contributed by atoms with Gasteiger partial charge in [0.05, 0.1) is 0 Å². The third-order valence-corrected chi connectivity index (χ3v) is 4.61. The normalized spacial score (nSPS) is 22.9. The molecule has 2 nitrogen and oxygen atoms in total. The molecule has 1 saturated heterocycles. The monoisotopic (exact) mass is 240 g/mol. The Balaban J connectivity index is 2.39. The lowest BCUT2D eigenvalue weighted by molar-refractivity contribution is 0.0777. The van der Waals surface area contributed by atoms with Crippen molar-refractivity contribution in [3.8, 4) is 0 Å². The van der Waals surface area contributed by atoms with Crippen LogP contribution in [0.1, 0.15) is 60.3 Å². The summed E-state index contributed by atoms with van der Waals surface area (Å²) in [6.07, 6.45) is 5.35. The molecule has 1 unspecified atom stereocenters. The lowest BCUT2D eigenvalue weighted by atomic mass is 9.78. The second-order valence-electron chi connectivity index (χ2n) is 6.33. The van der Waals surface area contributed by atoms with E-state index in [2.05, 4.69) is 44.8 Å². The fourth-order valence-corrected chi connectivity index (χ4v) is 2.69. The SMILES string of the molecule is CCC(CNC(C)C)N1CCC(C)(CC)CC1. The summed E-state index contributed by atoms with van der Waals surface area (Å²) in [5.41, 5.74) is 0.611. The molecule has 2 heteroatoms. The summed E-state index contributed by atoms with van der Waals surface area (Å²) >= 11 is 0. The second-order valence-corrected chi connectivity index (χ2v) is 6.33. The highest BCUT2D eigenvalue weighted by Crippen LogP contribution is 2.34. The number of hydrogen-bond acceptors (Lipinski definition) is 2. The van der Waals surface area contributed by atoms with Gasteiger partial charge in [-0.05, 0) is 37.8 Å². The van der Waals surface area contributed by atoms with Crippen LogP contribution in [0.5, 0.6) is 0 Å². The molecule has 0 aromatic carbocycles. The van der Waals surface area contributed by atoms with Crippen molar-refractivity contribution >= 4 is 0 Å². The van der Waals surface area contributed by atoms with Gasteiger partial charge in [0.1, 0.15) is 0 Å². The van der Waals surface area contributed by atoms with Crippen molar-refractivity contribution in [1.29, 1.82) is 0 Å². The van der Waals surface area contributed by atoms with Gasteiger partial charge in [-0.2, -0.15) is 0 Å². The van der Waals surface area contributed by atoms with E-state index in [1.165, 1.54) is 38.8 Å². The summed E-state index contributed by atoms with van der Waals surface area (Å²) in [6, 6.07) is 1.34. The van der Waals surface area contributed by atoms with Crippen molar-refractivity contribution in [3.63, 3.8) is 0 Å². The summed E-state index contributed by atoms with van der Waals surface area (Å²) < 4.78 is 0. The van der Waals surface area contributed by atoms with Gasteiger partial charge in [-0.1, -0.05) is 41.0 Å². The van der Waals surface area contributed by atoms with Gasteiger partial charge in [0, 0.05) is 18.6 Å². The first kappa shape index (κ1) is 15.0. The van der Waals surface area contributed by atoms with Crippen LogP contribution in [-0.2, 0) is 0 Å². The zero-order valence-electron chi connectivity index (χ0n) is 12.6. The molecule has 0 spiro atoms. The molecule has 1 heterocycles. The maximum absolute atomic E-state index is 3.59. The Morgan fingerprint density at radius 1 is 1.18 bits per heavy atom. The Labute approximate surface area is 108 Å². The summed E-state index contributed by atoms with van der Waals surface area (Å²) in [7, 11) is 0. The van der Waals surface area contributed by atoms with Crippen LogP contribution in [0.2, 0.25) is 0 Å². The molecule has 1 aliphatic heterocycles. The average molecular weight is 240 g/mol. The van der Waals surface area contributed by atoms with Crippen molar-refractivity contribution in [2.45, 2.75) is 72.4 Å². The van der Waals surface area contributed by atoms with Crippen LogP contribution in [0.15, 0.2) is 0 Å². The van der Waals surface area contributed by atoms with Crippen LogP contribution in [0.3, 0.4) is 0 Å². The Bertz CT molecular complexity index is 205. The molecule has 0 aliphatic carbocycles. The van der Waals surface area contributed by atoms with Gasteiger partial charge in [0.25, 0.3) is 0 Å². The van der Waals surface area contributed by atoms with Crippen LogP contribution < -0.4 is 5.32 Å². The van der Waals surface area contributed by atoms with E-state index in [9.17, 15) is 0 Å². The summed E-state index contributed by atoms with van der Waals surface area (Å²) in [4.78, 5) is 2.70. The molecule has 1 aliphatic rings. The molecule has 0 amide bonds. The van der Waals surface area contributed by atoms with Crippen molar-refractivity contribution in [2.75, 3.05) is 19.6 Å². The van der Waals surface area contributed by atoms with E-state index in [-0.39, 0.29) is 0 Å². The molecule has 1 fully saturated rings. The standard InChI is InChI=1S/C15H32N2/c1-6-14(12-16-13(3)4)17-10-8-15(5,7-2)9-11-17/h13-14,16H,6-12H2,1-5H3. The van der Waals surface area contributed by atoms with Gasteiger partial charge < -0.3 is 5.32 Å². The van der Waals surface area contributed by atoms with Crippen LogP contribution in [0.4, 0.5) is 0 Å². The van der Waals surface area contributed by atoms with E-state index < -0.39 is 0 Å². The Kier molecular flexibility index (Phi) is 5.94. The number of likely N-dealkylation sites (tertiary alicyclic amines) is 1. The number of hydrogen-bond donors (Lipinski definition) is 1. The van der Waals surface area contributed by atoms with Gasteiger partial charge in [-0.3, -0.25) is 4.90 Å². The first-order valence-corrected chi connectivity index (χ1v) is 7.48. The lowest BCUT2D eigenvalue weighted by Gasteiger charge is -2.42. The van der Waals surface area contributed by atoms with Crippen molar-refractivity contribution in [1.82, 2.24) is 10.2 Å². The molecular formula is C15H32N2. The number of nitrogens with zero attached hydrogens (tertiary/aromatic N) is 1. The van der Waals surface area contributed by atoms with Crippen molar-refractivity contribution in [3.05, 3.63) is 0 Å². The highest BCUT2D eigenvalue weighted by atomic mass is 15.2. The first-order valence-electron chi connectivity index (χ1n) is 7.48. The molecule has 1 N–H and O–H groups in total. The van der Waals surface area contributed by atoms with Crippen LogP contribution >= 0.6 is 0 Å². The fourth-order valence-electron chi connectivity index (χ4n) is 2.69. The highest BCUT2D eigenvalue weighted by molar-refractivity contribution is 4.85. The molecule has 0 aromatic heterocycles. The van der Waals surface area contributed by atoms with E-state index in [1.54, 1.807) is 0 Å². The molecule has 0 radical (unpaired) electrons. The van der Waals surface area contributed by atoms with Crippen LogP contribution in [-0.4, -0.2) is 36.6 Å². The van der Waals surface area contributed by atoms with E-state index in [0.29, 0.717) is 11.5 Å². The molecule has 17 heavy (non-hydrogen) atoms. The van der Waals surface area contributed by atoms with E-state index in [0.717, 1.165) is 12.6 Å². The van der Waals surface area contributed by atoms with Crippen molar-refractivity contribution < 1.29 is 0 Å². The van der Waals surface area contributed by atoms with Gasteiger partial charge in [0.2, 0.25) is 0 Å². The highest BCUT2D eigenvalue weighted by Gasteiger charge is 2.30. The minimum atomic E-state index is 0.606. The quantitative estimate of drug-likeness (QED) is 0.766. The van der Waals surface area contributed by atoms with E-state index in [4.69, 9.17) is 0 Å². The number of rotatable bonds is 6. The third-order valence-electron chi connectivity index (χ3n) is 4.61. The predicted molar refractivity (Wildman–Crippen MR) is 76.4 cm³/mol. The van der Waals surface area contributed by atoms with Crippen LogP contribution in [0.25, 0.3) is 0 Å². The molecule has 0 bridgehead atoms. The fraction of sp³-hybridized carbons (Fsp3) is 1.00. The first-order chi connectivity index (χ1) is 8.00. The predicted octanol–water partition coefficient (Wildman–Crippen LogP) is 3.28. The third kappa shape index (κ3) is 4.59. The van der Waals surface area contributed by atoms with E-state index >= 15 is 0 Å². The summed E-state index contributed by atoms with van der Waals surface area (Å²) in [5, 5.41) is 3.59. The maximum atomic E-state index is 3.59. The van der Waals surface area contributed by atoms with E-state index in [1.807, 2.05) is 0 Å². The smallest absolute Gasteiger partial charge is 0.0218 e. The minimum absolute atomic E-state index is 0.606. The van der Waals surface area contributed by atoms with Gasteiger partial charge >= 0.3 is 0 Å². The minimum Gasteiger partial charge on any atom is -0.313 e. The summed E-state index contributed by atoms with van der Waals surface area (Å²) in [5.74, 6) is 0. The number of piperidine rings is 1. The van der Waals surface area contributed by atoms with Crippen LogP contribution in [0, 0.1) is 5.41 Å². The Hall–Kier alpha value is -0.0800. The number of nitrogens with one attached hydrogen (secondary N) is 1. The van der Waals surface area contributed by atoms with Crippen molar-refractivity contribution in [2.24, 2.45) is 5.41 Å². The zero-order chi connectivity index (χ0) is 12.9. The molecular weight excluding hydrogens is 208 g/mol. The zero-order valence-corrected chi connectivity index (χ0v) is 12.6. The maximum Gasteiger partial charge on any atom is 0.0218 e. The van der Waals surface area contributed by atoms with Gasteiger partial charge in [0.15, 0.2) is 0 Å². The summed E-state index contributed by atoms with van der Waals surface area (Å²) in [6.45, 7) is 15.3. The molecule has 1 atom stereocenters. The molecule has 1 rings (SSSR count). The molecule has 102 valence electrons.